The SMILES string of the molecule is C[N+]1([O-])CCPCC1. The third kappa shape index (κ3) is 1.70. The summed E-state index contributed by atoms with van der Waals surface area (Å²) >= 11 is 0. The van der Waals surface area contributed by atoms with Crippen molar-refractivity contribution in [3.8, 4) is 0 Å². The van der Waals surface area contributed by atoms with Gasteiger partial charge < -0.3 is 9.85 Å². The Kier molecular flexibility index (Phi) is 1.86. The molecule has 1 rings (SSSR count). The Balaban J connectivity index is 2.33. The van der Waals surface area contributed by atoms with Crippen molar-refractivity contribution in [1.82, 2.24) is 0 Å². The van der Waals surface area contributed by atoms with E-state index in [1.807, 2.05) is 0 Å². The molecule has 48 valence electrons. The van der Waals surface area contributed by atoms with E-state index in [-0.39, 0.29) is 4.65 Å². The zero-order chi connectivity index (χ0) is 6.04. The topological polar surface area (TPSA) is 23.1 Å². The van der Waals surface area contributed by atoms with E-state index in [1.165, 1.54) is 0 Å². The Labute approximate surface area is 51.8 Å². The van der Waals surface area contributed by atoms with Gasteiger partial charge in [0.1, 0.15) is 0 Å². The van der Waals surface area contributed by atoms with Crippen molar-refractivity contribution in [1.29, 1.82) is 0 Å². The van der Waals surface area contributed by atoms with Gasteiger partial charge in [-0.1, -0.05) is 0 Å². The molecule has 2 nitrogen and oxygen atoms in total. The molecule has 0 aromatic heterocycles. The average Bonchev–Trinajstić information content (AvgIpc) is 1.65. The Morgan fingerprint density at radius 2 is 1.88 bits per heavy atom. The summed E-state index contributed by atoms with van der Waals surface area (Å²) < 4.78 is 0.00694. The Morgan fingerprint density at radius 1 is 1.38 bits per heavy atom. The molecule has 3 heteroatoms. The molecule has 1 heterocycles. The van der Waals surface area contributed by atoms with Crippen molar-refractivity contribution in [2.45, 2.75) is 0 Å². The minimum Gasteiger partial charge on any atom is -0.633 e. The lowest BCUT2D eigenvalue weighted by atomic mass is 10.5. The minimum atomic E-state index is 0.00694. The molecule has 0 saturated carbocycles. The average molecular weight is 133 g/mol. The smallest absolute Gasteiger partial charge is 0.0819 e. The maximum atomic E-state index is 11.1. The highest BCUT2D eigenvalue weighted by Gasteiger charge is 2.13. The van der Waals surface area contributed by atoms with E-state index >= 15 is 0 Å². The fourth-order valence-electron chi connectivity index (χ4n) is 0.868. The van der Waals surface area contributed by atoms with Gasteiger partial charge in [-0.2, -0.15) is 0 Å². The lowest BCUT2D eigenvalue weighted by molar-refractivity contribution is -0.856. The Morgan fingerprint density at radius 3 is 2.12 bits per heavy atom. The highest BCUT2D eigenvalue weighted by atomic mass is 31.1. The molecule has 0 N–H and O–H groups in total. The Bertz CT molecular complexity index is 76.5. The fraction of sp³-hybridized carbons (Fsp3) is 1.00. The molecular formula is C5H12NOP. The van der Waals surface area contributed by atoms with Crippen LogP contribution in [0.3, 0.4) is 0 Å². The van der Waals surface area contributed by atoms with Crippen LogP contribution in [0, 0.1) is 5.21 Å². The van der Waals surface area contributed by atoms with Crippen molar-refractivity contribution in [2.24, 2.45) is 0 Å². The maximum absolute atomic E-state index is 11.1. The summed E-state index contributed by atoms with van der Waals surface area (Å²) in [5.41, 5.74) is 0. The predicted molar refractivity (Wildman–Crippen MR) is 37.3 cm³/mol. The summed E-state index contributed by atoms with van der Waals surface area (Å²) in [6.07, 6.45) is 2.31. The largest absolute Gasteiger partial charge is 0.633 e. The summed E-state index contributed by atoms with van der Waals surface area (Å²) in [5.74, 6) is 0. The van der Waals surface area contributed by atoms with Crippen LogP contribution in [0.25, 0.3) is 0 Å². The molecule has 0 radical (unpaired) electrons. The van der Waals surface area contributed by atoms with Crippen LogP contribution in [-0.2, 0) is 0 Å². The molecule has 1 saturated heterocycles. The number of hydroxylamine groups is 3. The molecule has 0 amide bonds. The number of nitrogens with zero attached hydrogens (tertiary/aromatic N) is 1. The quantitative estimate of drug-likeness (QED) is 0.270. The summed E-state index contributed by atoms with van der Waals surface area (Å²) in [5, 5.41) is 11.1. The molecule has 1 aliphatic heterocycles. The maximum Gasteiger partial charge on any atom is 0.0819 e. The molecule has 1 fully saturated rings. The van der Waals surface area contributed by atoms with Crippen molar-refractivity contribution in [3.63, 3.8) is 0 Å². The van der Waals surface area contributed by atoms with Gasteiger partial charge >= 0.3 is 0 Å². The van der Waals surface area contributed by atoms with Crippen molar-refractivity contribution in [3.05, 3.63) is 5.21 Å². The molecular weight excluding hydrogens is 121 g/mol. The fourth-order valence-corrected chi connectivity index (χ4v) is 2.38. The van der Waals surface area contributed by atoms with Gasteiger partial charge in [-0.25, -0.2) is 0 Å². The van der Waals surface area contributed by atoms with Gasteiger partial charge in [0.25, 0.3) is 0 Å². The predicted octanol–water partition coefficient (Wildman–Crippen LogP) is 0.623. The zero-order valence-electron chi connectivity index (χ0n) is 5.18. The number of quaternary nitrogens is 1. The van der Waals surface area contributed by atoms with Crippen LogP contribution in [0.2, 0.25) is 0 Å². The van der Waals surface area contributed by atoms with Crippen molar-refractivity contribution in [2.75, 3.05) is 32.5 Å². The van der Waals surface area contributed by atoms with E-state index in [2.05, 4.69) is 0 Å². The van der Waals surface area contributed by atoms with Crippen LogP contribution in [0.5, 0.6) is 0 Å². The normalized spacial score (nSPS) is 42.8. The molecule has 0 atom stereocenters. The van der Waals surface area contributed by atoms with Crippen LogP contribution in [-0.4, -0.2) is 37.1 Å². The van der Waals surface area contributed by atoms with Gasteiger partial charge in [-0.15, -0.1) is 8.58 Å². The number of rotatable bonds is 0. The van der Waals surface area contributed by atoms with E-state index in [9.17, 15) is 5.21 Å². The van der Waals surface area contributed by atoms with E-state index in [0.717, 1.165) is 34.0 Å². The second-order valence-corrected chi connectivity index (χ2v) is 3.99. The van der Waals surface area contributed by atoms with Gasteiger partial charge in [-0.3, -0.25) is 0 Å². The Hall–Kier alpha value is 0.350. The van der Waals surface area contributed by atoms with Crippen LogP contribution < -0.4 is 0 Å². The standard InChI is InChI=1S/C5H12NOP/c1-6(7)2-4-8-5-3-6/h8H,2-5H2,1H3. The monoisotopic (exact) mass is 133 g/mol. The molecule has 8 heavy (non-hydrogen) atoms. The third-order valence-corrected chi connectivity index (χ3v) is 2.68. The molecule has 0 aliphatic carbocycles. The first-order valence-electron chi connectivity index (χ1n) is 2.97. The summed E-state index contributed by atoms with van der Waals surface area (Å²) in [6.45, 7) is 1.69. The van der Waals surface area contributed by atoms with Crippen LogP contribution in [0.1, 0.15) is 0 Å². The lowest BCUT2D eigenvalue weighted by Crippen LogP contribution is -2.43. The molecule has 0 aromatic rings. The first kappa shape index (κ1) is 6.47. The molecule has 1 aliphatic rings. The first-order chi connectivity index (χ1) is 3.71. The van der Waals surface area contributed by atoms with Crippen LogP contribution in [0.15, 0.2) is 0 Å². The highest BCUT2D eigenvalue weighted by molar-refractivity contribution is 7.38. The molecule has 0 bridgehead atoms. The van der Waals surface area contributed by atoms with E-state index in [4.69, 9.17) is 0 Å². The van der Waals surface area contributed by atoms with Crippen LogP contribution >= 0.6 is 8.58 Å². The second kappa shape index (κ2) is 2.30. The summed E-state index contributed by atoms with van der Waals surface area (Å²) in [6, 6.07) is 0. The van der Waals surface area contributed by atoms with Gasteiger partial charge in [0.2, 0.25) is 0 Å². The minimum absolute atomic E-state index is 0.00694. The van der Waals surface area contributed by atoms with E-state index < -0.39 is 0 Å². The number of hydrogen-bond donors (Lipinski definition) is 0. The van der Waals surface area contributed by atoms with Crippen molar-refractivity contribution >= 4 is 8.58 Å². The first-order valence-corrected chi connectivity index (χ1v) is 4.38. The van der Waals surface area contributed by atoms with E-state index in [1.54, 1.807) is 7.05 Å². The molecule has 0 unspecified atom stereocenters. The van der Waals surface area contributed by atoms with Gasteiger partial charge in [-0.05, 0) is 0 Å². The van der Waals surface area contributed by atoms with Crippen molar-refractivity contribution < 1.29 is 4.65 Å². The van der Waals surface area contributed by atoms with Crippen LogP contribution in [0.4, 0.5) is 0 Å². The van der Waals surface area contributed by atoms with Gasteiger partial charge in [0, 0.05) is 12.3 Å². The van der Waals surface area contributed by atoms with Gasteiger partial charge in [0.05, 0.1) is 20.1 Å². The molecule has 0 aromatic carbocycles. The second-order valence-electron chi connectivity index (χ2n) is 2.49. The molecule has 0 spiro atoms. The van der Waals surface area contributed by atoms with Gasteiger partial charge in [0.15, 0.2) is 0 Å². The summed E-state index contributed by atoms with van der Waals surface area (Å²) in [7, 11) is 2.82. The zero-order valence-corrected chi connectivity index (χ0v) is 6.18. The lowest BCUT2D eigenvalue weighted by Gasteiger charge is -2.41. The van der Waals surface area contributed by atoms with E-state index in [0.29, 0.717) is 0 Å². The third-order valence-electron chi connectivity index (χ3n) is 1.52. The summed E-state index contributed by atoms with van der Waals surface area (Å²) in [4.78, 5) is 0. The number of hydrogen-bond acceptors (Lipinski definition) is 1. The highest BCUT2D eigenvalue weighted by Crippen LogP contribution is 2.18.